The van der Waals surface area contributed by atoms with Crippen LogP contribution in [0.2, 0.25) is 0 Å². The summed E-state index contributed by atoms with van der Waals surface area (Å²) < 4.78 is 0.649. The van der Waals surface area contributed by atoms with Gasteiger partial charge in [-0.3, -0.25) is 10.1 Å². The lowest BCUT2D eigenvalue weighted by Crippen LogP contribution is -2.29. The van der Waals surface area contributed by atoms with Gasteiger partial charge in [0, 0.05) is 22.3 Å². The molecule has 1 aromatic carbocycles. The summed E-state index contributed by atoms with van der Waals surface area (Å²) in [5, 5.41) is 15.5. The number of non-ortho nitro benzene ring substituents is 1. The Morgan fingerprint density at radius 2 is 2.00 bits per heavy atom. The van der Waals surface area contributed by atoms with Crippen molar-refractivity contribution in [2.75, 3.05) is 11.9 Å². The number of benzene rings is 1. The molecule has 0 aliphatic heterocycles. The molecule has 0 atom stereocenters. The molecule has 0 bridgehead atoms. The van der Waals surface area contributed by atoms with E-state index in [1.165, 1.54) is 24.3 Å². The molecule has 0 radical (unpaired) electrons. The fourth-order valence-corrected chi connectivity index (χ4v) is 1.16. The van der Waals surface area contributed by atoms with Crippen LogP contribution < -0.4 is 10.6 Å². The molecule has 1 rings (SSSR count). The molecule has 90 valence electrons. The molecule has 0 unspecified atom stereocenters. The van der Waals surface area contributed by atoms with Gasteiger partial charge in [0.2, 0.25) is 0 Å². The highest BCUT2D eigenvalue weighted by atomic mass is 79.9. The molecule has 2 amide bonds. The van der Waals surface area contributed by atoms with E-state index < -0.39 is 11.0 Å². The maximum absolute atomic E-state index is 11.3. The number of halogens is 1. The smallest absolute Gasteiger partial charge is 0.319 e. The van der Waals surface area contributed by atoms with Gasteiger partial charge in [0.1, 0.15) is 0 Å². The fraction of sp³-hybridized carbons (Fsp3) is 0.100. The van der Waals surface area contributed by atoms with Crippen molar-refractivity contribution in [1.29, 1.82) is 0 Å². The monoisotopic (exact) mass is 299 g/mol. The van der Waals surface area contributed by atoms with Crippen molar-refractivity contribution in [3.8, 4) is 0 Å². The van der Waals surface area contributed by atoms with E-state index in [0.29, 0.717) is 16.7 Å². The number of anilines is 1. The van der Waals surface area contributed by atoms with Gasteiger partial charge in [-0.1, -0.05) is 22.5 Å². The molecular weight excluding hydrogens is 290 g/mol. The van der Waals surface area contributed by atoms with Crippen LogP contribution in [0.1, 0.15) is 0 Å². The van der Waals surface area contributed by atoms with Crippen molar-refractivity contribution in [2.45, 2.75) is 0 Å². The summed E-state index contributed by atoms with van der Waals surface area (Å²) in [6.07, 6.45) is 0. The van der Waals surface area contributed by atoms with Gasteiger partial charge < -0.3 is 10.6 Å². The maximum Gasteiger partial charge on any atom is 0.319 e. The summed E-state index contributed by atoms with van der Waals surface area (Å²) in [6, 6.07) is 5.15. The molecule has 2 N–H and O–H groups in total. The Kier molecular flexibility index (Phi) is 4.65. The largest absolute Gasteiger partial charge is 0.333 e. The number of carbonyl (C=O) groups excluding carboxylic acids is 1. The van der Waals surface area contributed by atoms with Crippen LogP contribution in [0.3, 0.4) is 0 Å². The van der Waals surface area contributed by atoms with Gasteiger partial charge in [-0.15, -0.1) is 0 Å². The second-order valence-electron chi connectivity index (χ2n) is 3.13. The zero-order valence-corrected chi connectivity index (χ0v) is 10.4. The normalized spacial score (nSPS) is 9.47. The van der Waals surface area contributed by atoms with E-state index >= 15 is 0 Å². The van der Waals surface area contributed by atoms with Crippen molar-refractivity contribution in [3.63, 3.8) is 0 Å². The molecular formula is C10H10BrN3O3. The molecule has 1 aromatic rings. The SMILES string of the molecule is C=C(Br)CNC(=O)Nc1ccc([N+](=O)[O-])cc1. The number of hydrogen-bond donors (Lipinski definition) is 2. The van der Waals surface area contributed by atoms with E-state index in [0.717, 1.165) is 0 Å². The molecule has 0 heterocycles. The Morgan fingerprint density at radius 3 is 2.47 bits per heavy atom. The Bertz CT molecular complexity index is 445. The second-order valence-corrected chi connectivity index (χ2v) is 4.25. The van der Waals surface area contributed by atoms with Crippen molar-refractivity contribution < 1.29 is 9.72 Å². The highest BCUT2D eigenvalue weighted by Gasteiger charge is 2.05. The Morgan fingerprint density at radius 1 is 1.41 bits per heavy atom. The van der Waals surface area contributed by atoms with Crippen molar-refractivity contribution >= 4 is 33.3 Å². The topological polar surface area (TPSA) is 84.3 Å². The predicted octanol–water partition coefficient (Wildman–Crippen LogP) is 2.62. The lowest BCUT2D eigenvalue weighted by Gasteiger charge is -2.06. The molecule has 0 aliphatic carbocycles. The molecule has 0 saturated heterocycles. The Hall–Kier alpha value is -1.89. The molecule has 0 aromatic heterocycles. The predicted molar refractivity (Wildman–Crippen MR) is 68.2 cm³/mol. The van der Waals surface area contributed by atoms with Crippen LogP contribution in [0, 0.1) is 10.1 Å². The molecule has 17 heavy (non-hydrogen) atoms. The van der Waals surface area contributed by atoms with E-state index in [-0.39, 0.29) is 5.69 Å². The minimum atomic E-state index is -0.501. The highest BCUT2D eigenvalue weighted by molar-refractivity contribution is 9.11. The minimum Gasteiger partial charge on any atom is -0.333 e. The van der Waals surface area contributed by atoms with Gasteiger partial charge in [-0.2, -0.15) is 0 Å². The number of urea groups is 1. The van der Waals surface area contributed by atoms with Crippen molar-refractivity contribution in [1.82, 2.24) is 5.32 Å². The Labute approximate surface area is 106 Å². The number of hydrogen-bond acceptors (Lipinski definition) is 3. The Balaban J connectivity index is 2.54. The number of nitrogens with one attached hydrogen (secondary N) is 2. The quantitative estimate of drug-likeness (QED) is 0.662. The van der Waals surface area contributed by atoms with Gasteiger partial charge >= 0.3 is 6.03 Å². The average molecular weight is 300 g/mol. The van der Waals surface area contributed by atoms with Crippen LogP contribution in [-0.2, 0) is 0 Å². The third-order valence-electron chi connectivity index (χ3n) is 1.78. The molecule has 7 heteroatoms. The van der Waals surface area contributed by atoms with Gasteiger partial charge in [-0.25, -0.2) is 4.79 Å². The summed E-state index contributed by atoms with van der Waals surface area (Å²) in [7, 11) is 0. The standard InChI is InChI=1S/C10H10BrN3O3/c1-7(11)6-12-10(15)13-8-2-4-9(5-3-8)14(16)17/h2-5H,1,6H2,(H2,12,13,15). The molecule has 6 nitrogen and oxygen atoms in total. The highest BCUT2D eigenvalue weighted by Crippen LogP contribution is 2.15. The number of nitrogens with zero attached hydrogens (tertiary/aromatic N) is 1. The first kappa shape index (κ1) is 13.2. The van der Waals surface area contributed by atoms with Crippen LogP contribution in [0.5, 0.6) is 0 Å². The fourth-order valence-electron chi connectivity index (χ4n) is 1.02. The van der Waals surface area contributed by atoms with Crippen molar-refractivity contribution in [2.24, 2.45) is 0 Å². The second kappa shape index (κ2) is 6.00. The van der Waals surface area contributed by atoms with Gasteiger partial charge in [0.05, 0.1) is 11.5 Å². The van der Waals surface area contributed by atoms with Crippen molar-refractivity contribution in [3.05, 3.63) is 45.4 Å². The van der Waals surface area contributed by atoms with E-state index in [2.05, 4.69) is 33.1 Å². The number of rotatable bonds is 4. The van der Waals surface area contributed by atoms with Crippen LogP contribution in [0.15, 0.2) is 35.3 Å². The lowest BCUT2D eigenvalue weighted by molar-refractivity contribution is -0.384. The zero-order valence-electron chi connectivity index (χ0n) is 8.77. The number of nitro groups is 1. The summed E-state index contributed by atoms with van der Waals surface area (Å²) in [6.45, 7) is 3.87. The summed E-state index contributed by atoms with van der Waals surface area (Å²) >= 11 is 3.10. The van der Waals surface area contributed by atoms with Gasteiger partial charge in [0.15, 0.2) is 0 Å². The zero-order chi connectivity index (χ0) is 12.8. The van der Waals surface area contributed by atoms with E-state index in [4.69, 9.17) is 0 Å². The average Bonchev–Trinajstić information content (AvgIpc) is 2.27. The maximum atomic E-state index is 11.3. The van der Waals surface area contributed by atoms with Crippen LogP contribution >= 0.6 is 15.9 Å². The van der Waals surface area contributed by atoms with Gasteiger partial charge in [0.25, 0.3) is 5.69 Å². The summed E-state index contributed by atoms with van der Waals surface area (Å²) in [5.41, 5.74) is 0.457. The van der Waals surface area contributed by atoms with Gasteiger partial charge in [-0.05, 0) is 12.1 Å². The third-order valence-corrected chi connectivity index (χ3v) is 2.06. The number of nitro benzene ring substituents is 1. The molecule has 0 fully saturated rings. The van der Waals surface area contributed by atoms with Crippen LogP contribution in [-0.4, -0.2) is 17.5 Å². The first-order chi connectivity index (χ1) is 7.99. The molecule has 0 saturated carbocycles. The third kappa shape index (κ3) is 4.64. The number of amides is 2. The van der Waals surface area contributed by atoms with E-state index in [1.807, 2.05) is 0 Å². The summed E-state index contributed by atoms with van der Waals surface area (Å²) in [5.74, 6) is 0. The minimum absolute atomic E-state index is 0.0233. The molecule has 0 aliphatic rings. The summed E-state index contributed by atoms with van der Waals surface area (Å²) in [4.78, 5) is 21.2. The number of carbonyl (C=O) groups is 1. The molecule has 0 spiro atoms. The lowest BCUT2D eigenvalue weighted by atomic mass is 10.3. The van der Waals surface area contributed by atoms with Crippen LogP contribution in [0.4, 0.5) is 16.2 Å². The van der Waals surface area contributed by atoms with Crippen LogP contribution in [0.25, 0.3) is 0 Å². The first-order valence-electron chi connectivity index (χ1n) is 4.61. The van der Waals surface area contributed by atoms with E-state index in [9.17, 15) is 14.9 Å². The first-order valence-corrected chi connectivity index (χ1v) is 5.41. The van der Waals surface area contributed by atoms with E-state index in [1.54, 1.807) is 0 Å².